The van der Waals surface area contributed by atoms with E-state index in [1.807, 2.05) is 30.3 Å². The van der Waals surface area contributed by atoms with E-state index in [0.717, 1.165) is 5.56 Å². The number of likely N-dealkylation sites (tertiary alicyclic amines) is 1. The summed E-state index contributed by atoms with van der Waals surface area (Å²) < 4.78 is 0. The predicted molar refractivity (Wildman–Crippen MR) is 75.9 cm³/mol. The van der Waals surface area contributed by atoms with Gasteiger partial charge in [0.05, 0.1) is 0 Å². The molecule has 2 unspecified atom stereocenters. The Bertz CT molecular complexity index is 444. The van der Waals surface area contributed by atoms with Crippen LogP contribution >= 0.6 is 12.4 Å². The Labute approximate surface area is 123 Å². The second-order valence-electron chi connectivity index (χ2n) is 4.80. The zero-order chi connectivity index (χ0) is 13.8. The van der Waals surface area contributed by atoms with Gasteiger partial charge in [0.1, 0.15) is 12.1 Å². The van der Waals surface area contributed by atoms with E-state index in [9.17, 15) is 19.8 Å². The fourth-order valence-electron chi connectivity index (χ4n) is 2.60. The van der Waals surface area contributed by atoms with Gasteiger partial charge in [-0.1, -0.05) is 30.3 Å². The third-order valence-corrected chi connectivity index (χ3v) is 3.53. The fraction of sp³-hybridized carbons (Fsp3) is 0.429. The Morgan fingerprint density at radius 1 is 1.05 bits per heavy atom. The summed E-state index contributed by atoms with van der Waals surface area (Å²) in [4.78, 5) is 24.2. The van der Waals surface area contributed by atoms with Gasteiger partial charge in [0.25, 0.3) is 0 Å². The van der Waals surface area contributed by atoms with E-state index in [-0.39, 0.29) is 12.4 Å². The summed E-state index contributed by atoms with van der Waals surface area (Å²) >= 11 is 0. The van der Waals surface area contributed by atoms with Gasteiger partial charge in [0.15, 0.2) is 0 Å². The minimum Gasteiger partial charge on any atom is -0.480 e. The number of nitrogens with zero attached hydrogens (tertiary/aromatic N) is 1. The summed E-state index contributed by atoms with van der Waals surface area (Å²) in [6.45, 7) is 0.356. The smallest absolute Gasteiger partial charge is 0.320 e. The van der Waals surface area contributed by atoms with Crippen LogP contribution in [0.5, 0.6) is 0 Å². The highest BCUT2D eigenvalue weighted by atomic mass is 35.5. The first-order valence-corrected chi connectivity index (χ1v) is 6.35. The lowest BCUT2D eigenvalue weighted by molar-refractivity contribution is -0.154. The van der Waals surface area contributed by atoms with Gasteiger partial charge in [-0.15, -0.1) is 12.4 Å². The van der Waals surface area contributed by atoms with E-state index in [4.69, 9.17) is 0 Å². The predicted octanol–water partition coefficient (Wildman–Crippen LogP) is 2.00. The summed E-state index contributed by atoms with van der Waals surface area (Å²) in [5.74, 6) is -1.89. The van der Waals surface area contributed by atoms with E-state index in [1.165, 1.54) is 0 Å². The van der Waals surface area contributed by atoms with Crippen LogP contribution in [-0.2, 0) is 16.1 Å². The van der Waals surface area contributed by atoms with Gasteiger partial charge in [-0.05, 0) is 24.8 Å². The first kappa shape index (κ1) is 16.5. The van der Waals surface area contributed by atoms with Gasteiger partial charge in [-0.2, -0.15) is 0 Å². The van der Waals surface area contributed by atoms with Crippen LogP contribution < -0.4 is 0 Å². The first-order chi connectivity index (χ1) is 9.09. The number of hydrogen-bond acceptors (Lipinski definition) is 3. The molecule has 2 rings (SSSR count). The third kappa shape index (κ3) is 3.71. The third-order valence-electron chi connectivity index (χ3n) is 3.53. The quantitative estimate of drug-likeness (QED) is 0.889. The van der Waals surface area contributed by atoms with E-state index in [2.05, 4.69) is 0 Å². The van der Waals surface area contributed by atoms with Crippen molar-refractivity contribution in [2.75, 3.05) is 0 Å². The number of rotatable bonds is 4. The highest BCUT2D eigenvalue weighted by Crippen LogP contribution is 2.25. The first-order valence-electron chi connectivity index (χ1n) is 6.35. The lowest BCUT2D eigenvalue weighted by Gasteiger charge is -2.37. The molecule has 1 aliphatic rings. The lowest BCUT2D eigenvalue weighted by Crippen LogP contribution is -2.52. The van der Waals surface area contributed by atoms with Crippen LogP contribution in [0.1, 0.15) is 24.8 Å². The molecule has 2 atom stereocenters. The number of halogens is 1. The molecule has 1 aromatic carbocycles. The summed E-state index contributed by atoms with van der Waals surface area (Å²) in [7, 11) is 0. The van der Waals surface area contributed by atoms with Crippen molar-refractivity contribution in [3.05, 3.63) is 35.9 Å². The average molecular weight is 300 g/mol. The van der Waals surface area contributed by atoms with Gasteiger partial charge in [-0.3, -0.25) is 14.5 Å². The van der Waals surface area contributed by atoms with Gasteiger partial charge in [0.2, 0.25) is 0 Å². The Balaban J connectivity index is 0.00000200. The number of carbonyl (C=O) groups is 2. The minimum absolute atomic E-state index is 0. The summed E-state index contributed by atoms with van der Waals surface area (Å²) in [6.07, 6.45) is 1.65. The summed E-state index contributed by atoms with van der Waals surface area (Å²) in [5.41, 5.74) is 0.932. The molecule has 1 fully saturated rings. The van der Waals surface area contributed by atoms with Crippen LogP contribution in [0.4, 0.5) is 0 Å². The molecule has 5 nitrogen and oxygen atoms in total. The molecule has 110 valence electrons. The van der Waals surface area contributed by atoms with Crippen molar-refractivity contribution in [1.29, 1.82) is 0 Å². The highest BCUT2D eigenvalue weighted by molar-refractivity contribution is 5.85. The molecule has 1 aromatic rings. The van der Waals surface area contributed by atoms with Gasteiger partial charge < -0.3 is 10.2 Å². The largest absolute Gasteiger partial charge is 0.480 e. The van der Waals surface area contributed by atoms with Gasteiger partial charge in [-0.25, -0.2) is 0 Å². The number of aliphatic carboxylic acids is 2. The molecule has 0 aromatic heterocycles. The topological polar surface area (TPSA) is 77.8 Å². The van der Waals surface area contributed by atoms with E-state index in [0.29, 0.717) is 25.8 Å². The number of carboxylic acids is 2. The Morgan fingerprint density at radius 3 is 2.00 bits per heavy atom. The van der Waals surface area contributed by atoms with Crippen LogP contribution in [0.15, 0.2) is 30.3 Å². The van der Waals surface area contributed by atoms with Crippen molar-refractivity contribution in [3.8, 4) is 0 Å². The SMILES string of the molecule is Cl.O=C(O)C1CCCC(C(=O)O)N1Cc1ccccc1. The zero-order valence-corrected chi connectivity index (χ0v) is 11.8. The molecule has 0 spiro atoms. The van der Waals surface area contributed by atoms with Gasteiger partial charge >= 0.3 is 11.9 Å². The number of piperidine rings is 1. The Morgan fingerprint density at radius 2 is 1.55 bits per heavy atom. The molecule has 1 aliphatic heterocycles. The molecule has 1 saturated heterocycles. The van der Waals surface area contributed by atoms with Crippen molar-refractivity contribution >= 4 is 24.3 Å². The standard InChI is InChI=1S/C14H17NO4.ClH/c16-13(17)11-7-4-8-12(14(18)19)15(11)9-10-5-2-1-3-6-10;/h1-3,5-6,11-12H,4,7-9H2,(H,16,17)(H,18,19);1H. The molecule has 2 N–H and O–H groups in total. The van der Waals surface area contributed by atoms with Crippen LogP contribution in [0.25, 0.3) is 0 Å². The van der Waals surface area contributed by atoms with Crippen molar-refractivity contribution in [1.82, 2.24) is 4.90 Å². The molecule has 0 saturated carbocycles. The van der Waals surface area contributed by atoms with Gasteiger partial charge in [0, 0.05) is 6.54 Å². The monoisotopic (exact) mass is 299 g/mol. The molecule has 1 heterocycles. The summed E-state index contributed by atoms with van der Waals surface area (Å²) in [6, 6.07) is 7.95. The van der Waals surface area contributed by atoms with Crippen molar-refractivity contribution < 1.29 is 19.8 Å². The molecule has 0 bridgehead atoms. The molecular formula is C14H18ClNO4. The van der Waals surface area contributed by atoms with Crippen molar-refractivity contribution in [2.45, 2.75) is 37.9 Å². The number of benzene rings is 1. The van der Waals surface area contributed by atoms with Crippen LogP contribution in [-0.4, -0.2) is 39.1 Å². The van der Waals surface area contributed by atoms with E-state index < -0.39 is 24.0 Å². The Hall–Kier alpha value is -1.59. The van der Waals surface area contributed by atoms with E-state index >= 15 is 0 Å². The highest BCUT2D eigenvalue weighted by Gasteiger charge is 2.38. The van der Waals surface area contributed by atoms with Crippen molar-refractivity contribution in [3.63, 3.8) is 0 Å². The average Bonchev–Trinajstić information content (AvgIpc) is 2.39. The lowest BCUT2D eigenvalue weighted by atomic mass is 9.94. The minimum atomic E-state index is -0.943. The van der Waals surface area contributed by atoms with Crippen LogP contribution in [0, 0.1) is 0 Å². The second-order valence-corrected chi connectivity index (χ2v) is 4.80. The maximum Gasteiger partial charge on any atom is 0.320 e. The molecule has 0 aliphatic carbocycles. The molecule has 0 amide bonds. The molecule has 0 radical (unpaired) electrons. The summed E-state index contributed by atoms with van der Waals surface area (Å²) in [5, 5.41) is 18.5. The van der Waals surface area contributed by atoms with E-state index in [1.54, 1.807) is 4.90 Å². The molecule has 20 heavy (non-hydrogen) atoms. The number of hydrogen-bond donors (Lipinski definition) is 2. The Kier molecular flexibility index (Phi) is 5.98. The maximum absolute atomic E-state index is 11.3. The fourth-order valence-corrected chi connectivity index (χ4v) is 2.60. The maximum atomic E-state index is 11.3. The normalized spacial score (nSPS) is 22.8. The van der Waals surface area contributed by atoms with Crippen LogP contribution in [0.3, 0.4) is 0 Å². The molecule has 6 heteroatoms. The van der Waals surface area contributed by atoms with Crippen LogP contribution in [0.2, 0.25) is 0 Å². The molecular weight excluding hydrogens is 282 g/mol. The van der Waals surface area contributed by atoms with Crippen molar-refractivity contribution in [2.24, 2.45) is 0 Å². The number of carboxylic acid groups (broad SMARTS) is 2. The zero-order valence-electron chi connectivity index (χ0n) is 10.9. The second kappa shape index (κ2) is 7.26.